The topological polar surface area (TPSA) is 46.6 Å². The number of aromatic nitrogens is 2. The second-order valence-electron chi connectivity index (χ2n) is 5.51. The standard InChI is InChI=1S/C14H24N4S/c1-5-10(2)9-17(4)13-12(8-11(3)15)18-6-7-19-14(18)16-13/h6-7,10-11H,5,8-9,15H2,1-4H3. The van der Waals surface area contributed by atoms with Crippen molar-refractivity contribution in [3.05, 3.63) is 17.3 Å². The van der Waals surface area contributed by atoms with Crippen LogP contribution in [0.2, 0.25) is 0 Å². The van der Waals surface area contributed by atoms with Crippen LogP contribution >= 0.6 is 11.3 Å². The van der Waals surface area contributed by atoms with E-state index in [1.165, 1.54) is 12.1 Å². The molecule has 4 nitrogen and oxygen atoms in total. The molecule has 5 heteroatoms. The lowest BCUT2D eigenvalue weighted by Crippen LogP contribution is -2.26. The van der Waals surface area contributed by atoms with Crippen molar-refractivity contribution in [1.29, 1.82) is 0 Å². The molecule has 2 rings (SSSR count). The van der Waals surface area contributed by atoms with Gasteiger partial charge in [-0.1, -0.05) is 20.3 Å². The van der Waals surface area contributed by atoms with Gasteiger partial charge >= 0.3 is 0 Å². The van der Waals surface area contributed by atoms with Gasteiger partial charge < -0.3 is 10.6 Å². The highest BCUT2D eigenvalue weighted by atomic mass is 32.1. The Morgan fingerprint density at radius 3 is 2.84 bits per heavy atom. The normalized spacial score (nSPS) is 14.8. The summed E-state index contributed by atoms with van der Waals surface area (Å²) >= 11 is 1.68. The van der Waals surface area contributed by atoms with Gasteiger partial charge in [-0.3, -0.25) is 4.40 Å². The molecule has 0 aliphatic heterocycles. The fraction of sp³-hybridized carbons (Fsp3) is 0.643. The van der Waals surface area contributed by atoms with Crippen molar-refractivity contribution in [3.63, 3.8) is 0 Å². The minimum atomic E-state index is 0.149. The molecule has 2 aromatic rings. The van der Waals surface area contributed by atoms with E-state index in [-0.39, 0.29) is 6.04 Å². The van der Waals surface area contributed by atoms with Crippen molar-refractivity contribution in [2.24, 2.45) is 11.7 Å². The van der Waals surface area contributed by atoms with Crippen LogP contribution in [0.4, 0.5) is 5.82 Å². The highest BCUT2D eigenvalue weighted by Gasteiger charge is 2.18. The number of nitrogens with zero attached hydrogens (tertiary/aromatic N) is 3. The number of fused-ring (bicyclic) bond motifs is 1. The van der Waals surface area contributed by atoms with Gasteiger partial charge in [0.05, 0.1) is 5.69 Å². The number of thiazole rings is 1. The summed E-state index contributed by atoms with van der Waals surface area (Å²) in [6.45, 7) is 7.59. The molecule has 2 N–H and O–H groups in total. The van der Waals surface area contributed by atoms with Crippen molar-refractivity contribution in [1.82, 2.24) is 9.38 Å². The Bertz CT molecular complexity index is 529. The quantitative estimate of drug-likeness (QED) is 0.885. The minimum Gasteiger partial charge on any atom is -0.358 e. The van der Waals surface area contributed by atoms with Crippen LogP contribution in [0, 0.1) is 5.92 Å². The van der Waals surface area contributed by atoms with E-state index in [0.29, 0.717) is 5.92 Å². The number of rotatable bonds is 6. The maximum absolute atomic E-state index is 5.98. The van der Waals surface area contributed by atoms with E-state index in [1.807, 2.05) is 6.92 Å². The predicted octanol–water partition coefficient (Wildman–Crippen LogP) is 2.77. The first-order valence-corrected chi connectivity index (χ1v) is 7.82. The fourth-order valence-electron chi connectivity index (χ4n) is 2.30. The van der Waals surface area contributed by atoms with Gasteiger partial charge in [0.25, 0.3) is 0 Å². The van der Waals surface area contributed by atoms with Crippen molar-refractivity contribution in [2.75, 3.05) is 18.5 Å². The third-order valence-electron chi connectivity index (χ3n) is 3.50. The zero-order valence-corrected chi connectivity index (χ0v) is 13.1. The Hall–Kier alpha value is -1.07. The van der Waals surface area contributed by atoms with Crippen LogP contribution < -0.4 is 10.6 Å². The fourth-order valence-corrected chi connectivity index (χ4v) is 3.03. The molecule has 0 spiro atoms. The highest BCUT2D eigenvalue weighted by molar-refractivity contribution is 7.15. The third kappa shape index (κ3) is 3.09. The molecule has 0 radical (unpaired) electrons. The molecule has 0 aliphatic carbocycles. The Balaban J connectivity index is 2.32. The average Bonchev–Trinajstić information content (AvgIpc) is 2.91. The summed E-state index contributed by atoms with van der Waals surface area (Å²) in [4.78, 5) is 8.09. The maximum Gasteiger partial charge on any atom is 0.195 e. The number of nitrogens with two attached hydrogens (primary N) is 1. The maximum atomic E-state index is 5.98. The summed E-state index contributed by atoms with van der Waals surface area (Å²) < 4.78 is 2.18. The van der Waals surface area contributed by atoms with Crippen LogP contribution in [-0.4, -0.2) is 29.0 Å². The van der Waals surface area contributed by atoms with Gasteiger partial charge in [-0.25, -0.2) is 4.98 Å². The van der Waals surface area contributed by atoms with E-state index in [9.17, 15) is 0 Å². The second kappa shape index (κ2) is 5.92. The van der Waals surface area contributed by atoms with Gasteiger partial charge in [-0.2, -0.15) is 0 Å². The molecule has 0 aromatic carbocycles. The molecule has 0 bridgehead atoms. The predicted molar refractivity (Wildman–Crippen MR) is 83.1 cm³/mol. The SMILES string of the molecule is CCC(C)CN(C)c1nc2sccn2c1CC(C)N. The molecule has 2 atom stereocenters. The summed E-state index contributed by atoms with van der Waals surface area (Å²) in [5.41, 5.74) is 7.22. The molecule has 106 valence electrons. The van der Waals surface area contributed by atoms with Gasteiger partial charge in [-0.05, 0) is 12.8 Å². The van der Waals surface area contributed by atoms with Crippen LogP contribution in [0.5, 0.6) is 0 Å². The molecule has 0 saturated heterocycles. The molecular weight excluding hydrogens is 256 g/mol. The molecule has 2 heterocycles. The lowest BCUT2D eigenvalue weighted by atomic mass is 10.1. The zero-order chi connectivity index (χ0) is 14.0. The van der Waals surface area contributed by atoms with Crippen LogP contribution in [0.15, 0.2) is 11.6 Å². The summed E-state index contributed by atoms with van der Waals surface area (Å²) in [6.07, 6.45) is 4.14. The van der Waals surface area contributed by atoms with E-state index < -0.39 is 0 Å². The first kappa shape index (κ1) is 14.3. The summed E-state index contributed by atoms with van der Waals surface area (Å²) in [7, 11) is 2.13. The van der Waals surface area contributed by atoms with Crippen molar-refractivity contribution >= 4 is 22.1 Å². The van der Waals surface area contributed by atoms with Gasteiger partial charge in [0.1, 0.15) is 0 Å². The molecule has 2 aromatic heterocycles. The van der Waals surface area contributed by atoms with E-state index in [1.54, 1.807) is 11.3 Å². The number of hydrogen-bond acceptors (Lipinski definition) is 4. The van der Waals surface area contributed by atoms with Crippen LogP contribution in [0.3, 0.4) is 0 Å². The van der Waals surface area contributed by atoms with E-state index in [2.05, 4.69) is 41.8 Å². The van der Waals surface area contributed by atoms with Gasteiger partial charge in [0.15, 0.2) is 10.8 Å². The third-order valence-corrected chi connectivity index (χ3v) is 4.26. The number of imidazole rings is 1. The Morgan fingerprint density at radius 1 is 1.47 bits per heavy atom. The Labute approximate surface area is 119 Å². The Kier molecular flexibility index (Phi) is 4.47. The average molecular weight is 280 g/mol. The first-order chi connectivity index (χ1) is 9.02. The molecule has 19 heavy (non-hydrogen) atoms. The Morgan fingerprint density at radius 2 is 2.21 bits per heavy atom. The smallest absolute Gasteiger partial charge is 0.195 e. The van der Waals surface area contributed by atoms with Crippen LogP contribution in [-0.2, 0) is 6.42 Å². The van der Waals surface area contributed by atoms with Crippen LogP contribution in [0.1, 0.15) is 32.9 Å². The van der Waals surface area contributed by atoms with Crippen molar-refractivity contribution < 1.29 is 0 Å². The molecule has 0 fully saturated rings. The first-order valence-electron chi connectivity index (χ1n) is 6.94. The molecule has 0 saturated carbocycles. The van der Waals surface area contributed by atoms with E-state index >= 15 is 0 Å². The summed E-state index contributed by atoms with van der Waals surface area (Å²) in [5, 5.41) is 2.07. The minimum absolute atomic E-state index is 0.149. The van der Waals surface area contributed by atoms with E-state index in [0.717, 1.165) is 23.7 Å². The van der Waals surface area contributed by atoms with Crippen molar-refractivity contribution in [3.8, 4) is 0 Å². The van der Waals surface area contributed by atoms with Gasteiger partial charge in [-0.15, -0.1) is 11.3 Å². The lowest BCUT2D eigenvalue weighted by Gasteiger charge is -2.22. The van der Waals surface area contributed by atoms with Crippen molar-refractivity contribution in [2.45, 2.75) is 39.7 Å². The monoisotopic (exact) mass is 280 g/mol. The molecular formula is C14H24N4S. The highest BCUT2D eigenvalue weighted by Crippen LogP contribution is 2.25. The summed E-state index contributed by atoms with van der Waals surface area (Å²) in [6, 6.07) is 0.149. The zero-order valence-electron chi connectivity index (χ0n) is 12.3. The largest absolute Gasteiger partial charge is 0.358 e. The van der Waals surface area contributed by atoms with Gasteiger partial charge in [0.2, 0.25) is 0 Å². The molecule has 0 aliphatic rings. The number of anilines is 1. The molecule has 0 amide bonds. The van der Waals surface area contributed by atoms with Crippen LogP contribution in [0.25, 0.3) is 4.96 Å². The summed E-state index contributed by atoms with van der Waals surface area (Å²) in [5.74, 6) is 1.76. The molecule has 2 unspecified atom stereocenters. The van der Waals surface area contributed by atoms with E-state index in [4.69, 9.17) is 10.7 Å². The second-order valence-corrected chi connectivity index (χ2v) is 6.39. The van der Waals surface area contributed by atoms with Gasteiger partial charge in [0, 0.05) is 37.6 Å². The number of hydrogen-bond donors (Lipinski definition) is 1. The lowest BCUT2D eigenvalue weighted by molar-refractivity contribution is 0.556.